The molecule has 2 saturated carbocycles. The molecule has 2 aliphatic carbocycles. The average molecular weight is 468 g/mol. The van der Waals surface area contributed by atoms with Gasteiger partial charge < -0.3 is 14.7 Å². The van der Waals surface area contributed by atoms with E-state index < -0.39 is 17.9 Å². The Morgan fingerprint density at radius 1 is 1.25 bits per heavy atom. The number of allylic oxidation sites excluding steroid dienone is 1. The van der Waals surface area contributed by atoms with Crippen molar-refractivity contribution in [2.45, 2.75) is 44.7 Å². The number of ether oxygens (including phenoxy) is 1. The molecule has 1 heterocycles. The second-order valence-corrected chi connectivity index (χ2v) is 10.0. The highest BCUT2D eigenvalue weighted by molar-refractivity contribution is 8.03. The monoisotopic (exact) mass is 467 g/mol. The van der Waals surface area contributed by atoms with Crippen molar-refractivity contribution in [3.8, 4) is 0 Å². The molecule has 0 aromatic heterocycles. The van der Waals surface area contributed by atoms with Crippen LogP contribution in [0.25, 0.3) is 0 Å². The molecular formula is C24H28F3NO3S. The van der Waals surface area contributed by atoms with Crippen LogP contribution in [0.2, 0.25) is 0 Å². The Kier molecular flexibility index (Phi) is 7.08. The zero-order valence-electron chi connectivity index (χ0n) is 17.8. The number of carboxylic acid groups (broad SMARTS) is 1. The largest absolute Gasteiger partial charge is 0.511 e. The lowest BCUT2D eigenvalue weighted by Gasteiger charge is -2.34. The van der Waals surface area contributed by atoms with Crippen molar-refractivity contribution < 1.29 is 27.8 Å². The quantitative estimate of drug-likeness (QED) is 0.347. The highest BCUT2D eigenvalue weighted by atomic mass is 32.2. The van der Waals surface area contributed by atoms with Gasteiger partial charge in [-0.2, -0.15) is 13.2 Å². The van der Waals surface area contributed by atoms with Crippen LogP contribution in [0.4, 0.5) is 18.0 Å². The highest BCUT2D eigenvalue weighted by Crippen LogP contribution is 2.49. The van der Waals surface area contributed by atoms with Gasteiger partial charge in [-0.1, -0.05) is 30.7 Å². The number of rotatable bonds is 8. The van der Waals surface area contributed by atoms with Gasteiger partial charge in [0.2, 0.25) is 0 Å². The van der Waals surface area contributed by atoms with Crippen molar-refractivity contribution in [3.05, 3.63) is 58.3 Å². The lowest BCUT2D eigenvalue weighted by atomic mass is 9.88. The van der Waals surface area contributed by atoms with Gasteiger partial charge >= 0.3 is 12.3 Å². The number of hydrogen-bond acceptors (Lipinski definition) is 4. The molecule has 3 aliphatic rings. The fraction of sp³-hybridized carbons (Fsp3) is 0.542. The summed E-state index contributed by atoms with van der Waals surface area (Å²) in [5.41, 5.74) is 0.0238. The summed E-state index contributed by atoms with van der Waals surface area (Å²) in [5.74, 6) is 3.25. The van der Waals surface area contributed by atoms with Gasteiger partial charge in [-0.05, 0) is 73.3 Å². The molecule has 8 heteroatoms. The van der Waals surface area contributed by atoms with Crippen molar-refractivity contribution in [1.29, 1.82) is 0 Å². The minimum Gasteiger partial charge on any atom is -0.449 e. The molecule has 3 atom stereocenters. The Morgan fingerprint density at radius 2 is 2.09 bits per heavy atom. The van der Waals surface area contributed by atoms with Gasteiger partial charge in [0.15, 0.2) is 5.76 Å². The van der Waals surface area contributed by atoms with Crippen LogP contribution < -0.4 is 0 Å². The topological polar surface area (TPSA) is 49.8 Å². The summed E-state index contributed by atoms with van der Waals surface area (Å²) in [6.45, 7) is 1.62. The van der Waals surface area contributed by atoms with Crippen LogP contribution in [-0.4, -0.2) is 35.0 Å². The average Bonchev–Trinajstić information content (AvgIpc) is 3.35. The van der Waals surface area contributed by atoms with Gasteiger partial charge in [0.25, 0.3) is 0 Å². The Hall–Kier alpha value is -2.09. The summed E-state index contributed by atoms with van der Waals surface area (Å²) in [7, 11) is 0. The first-order valence-corrected chi connectivity index (χ1v) is 12.1. The lowest BCUT2D eigenvalue weighted by Crippen LogP contribution is -2.33. The van der Waals surface area contributed by atoms with Crippen LogP contribution in [0.3, 0.4) is 0 Å². The molecule has 2 fully saturated rings. The molecule has 3 unspecified atom stereocenters. The molecule has 0 amide bonds. The number of aryl methyl sites for hydroxylation is 1. The second-order valence-electron chi connectivity index (χ2n) is 8.93. The molecule has 2 bridgehead atoms. The SMILES string of the molecule is O=C(O)OC1=C(SCCCc2cccc(C(F)(F)F)c2)N(CC2CC3CCC2C3)CC=C1. The predicted octanol–water partition coefficient (Wildman–Crippen LogP) is 6.54. The standard InChI is InChI=1S/C24H28F3NO3S/c25-24(26,27)20-6-1-4-16(14-20)5-3-11-32-22-21(31-23(29)30)7-2-10-28(22)15-19-13-17-8-9-18(19)12-17/h1-2,4,6-7,14,17-19H,3,5,8-13,15H2,(H,29,30). The molecule has 32 heavy (non-hydrogen) atoms. The molecule has 0 spiro atoms. The lowest BCUT2D eigenvalue weighted by molar-refractivity contribution is -0.137. The zero-order valence-corrected chi connectivity index (χ0v) is 18.6. The van der Waals surface area contributed by atoms with Crippen LogP contribution in [0, 0.1) is 17.8 Å². The number of benzene rings is 1. The highest BCUT2D eigenvalue weighted by Gasteiger charge is 2.40. The summed E-state index contributed by atoms with van der Waals surface area (Å²) < 4.78 is 43.8. The Bertz CT molecular complexity index is 899. The summed E-state index contributed by atoms with van der Waals surface area (Å²) in [6.07, 6.45) is 4.36. The van der Waals surface area contributed by atoms with E-state index in [2.05, 4.69) is 4.90 Å². The maximum atomic E-state index is 12.9. The van der Waals surface area contributed by atoms with Gasteiger partial charge in [-0.3, -0.25) is 0 Å². The van der Waals surface area contributed by atoms with E-state index in [1.54, 1.807) is 12.1 Å². The molecule has 1 aromatic rings. The Labute approximate surface area is 190 Å². The van der Waals surface area contributed by atoms with E-state index in [1.165, 1.54) is 49.6 Å². The van der Waals surface area contributed by atoms with Gasteiger partial charge in [0.05, 0.1) is 5.56 Å². The third kappa shape index (κ3) is 5.63. The molecule has 4 rings (SSSR count). The maximum absolute atomic E-state index is 12.9. The summed E-state index contributed by atoms with van der Waals surface area (Å²) in [5, 5.41) is 9.96. The molecule has 4 nitrogen and oxygen atoms in total. The normalized spacial score (nSPS) is 25.0. The molecule has 1 aliphatic heterocycles. The molecule has 174 valence electrons. The van der Waals surface area contributed by atoms with Crippen molar-refractivity contribution in [1.82, 2.24) is 4.90 Å². The molecule has 0 radical (unpaired) electrons. The minimum atomic E-state index is -4.34. The Balaban J connectivity index is 1.38. The van der Waals surface area contributed by atoms with Gasteiger partial charge in [-0.25, -0.2) is 4.79 Å². The van der Waals surface area contributed by atoms with Crippen LogP contribution in [0.15, 0.2) is 47.2 Å². The van der Waals surface area contributed by atoms with Crippen LogP contribution >= 0.6 is 11.8 Å². The van der Waals surface area contributed by atoms with Crippen LogP contribution in [-0.2, 0) is 17.3 Å². The fourth-order valence-corrected chi connectivity index (χ4v) is 6.39. The number of alkyl halides is 3. The van der Waals surface area contributed by atoms with Crippen LogP contribution in [0.1, 0.15) is 43.2 Å². The zero-order chi connectivity index (χ0) is 22.7. The molecular weight excluding hydrogens is 439 g/mol. The second kappa shape index (κ2) is 9.81. The minimum absolute atomic E-state index is 0.343. The van der Waals surface area contributed by atoms with E-state index in [1.807, 2.05) is 6.08 Å². The van der Waals surface area contributed by atoms with Crippen LogP contribution in [0.5, 0.6) is 0 Å². The molecule has 0 saturated heterocycles. The Morgan fingerprint density at radius 3 is 2.78 bits per heavy atom. The third-order valence-electron chi connectivity index (χ3n) is 6.73. The van der Waals surface area contributed by atoms with E-state index in [4.69, 9.17) is 9.84 Å². The van der Waals surface area contributed by atoms with Crippen molar-refractivity contribution in [2.24, 2.45) is 17.8 Å². The van der Waals surface area contributed by atoms with Gasteiger partial charge in [-0.15, -0.1) is 11.8 Å². The maximum Gasteiger partial charge on any atom is 0.511 e. The number of carbonyl (C=O) groups is 1. The number of nitrogens with zero attached hydrogens (tertiary/aromatic N) is 1. The van der Waals surface area contributed by atoms with E-state index in [9.17, 15) is 18.0 Å². The third-order valence-corrected chi connectivity index (χ3v) is 7.96. The summed E-state index contributed by atoms with van der Waals surface area (Å²) >= 11 is 1.53. The van der Waals surface area contributed by atoms with Crippen molar-refractivity contribution in [2.75, 3.05) is 18.8 Å². The van der Waals surface area contributed by atoms with E-state index in [0.717, 1.165) is 36.0 Å². The van der Waals surface area contributed by atoms with E-state index >= 15 is 0 Å². The van der Waals surface area contributed by atoms with Gasteiger partial charge in [0.1, 0.15) is 5.03 Å². The number of thioether (sulfide) groups is 1. The first-order valence-electron chi connectivity index (χ1n) is 11.1. The van der Waals surface area contributed by atoms with Crippen molar-refractivity contribution in [3.63, 3.8) is 0 Å². The van der Waals surface area contributed by atoms with E-state index in [-0.39, 0.29) is 0 Å². The first kappa shape index (κ1) is 23.1. The van der Waals surface area contributed by atoms with Crippen molar-refractivity contribution >= 4 is 17.9 Å². The number of fused-ring (bicyclic) bond motifs is 2. The molecule has 1 N–H and O–H groups in total. The predicted molar refractivity (Wildman–Crippen MR) is 118 cm³/mol. The fourth-order valence-electron chi connectivity index (χ4n) is 5.32. The summed E-state index contributed by atoms with van der Waals surface area (Å²) in [4.78, 5) is 13.4. The molecule has 1 aromatic carbocycles. The smallest absolute Gasteiger partial charge is 0.449 e. The van der Waals surface area contributed by atoms with E-state index in [0.29, 0.717) is 35.8 Å². The number of halogens is 3. The number of hydrogen-bond donors (Lipinski definition) is 1. The summed E-state index contributed by atoms with van der Waals surface area (Å²) in [6, 6.07) is 5.44. The first-order chi connectivity index (χ1) is 15.3. The van der Waals surface area contributed by atoms with Gasteiger partial charge in [0, 0.05) is 13.1 Å².